The summed E-state index contributed by atoms with van der Waals surface area (Å²) in [5, 5.41) is 0. The highest BCUT2D eigenvalue weighted by Crippen LogP contribution is 2.35. The van der Waals surface area contributed by atoms with Crippen LogP contribution in [0.15, 0.2) is 0 Å². The van der Waals surface area contributed by atoms with E-state index in [2.05, 4.69) is 6.92 Å². The van der Waals surface area contributed by atoms with Gasteiger partial charge in [-0.15, -0.1) is 0 Å². The molecule has 0 heteroatoms. The number of rotatable bonds is 6. The average molecular weight is 278 g/mol. The number of hydrogen-bond acceptors (Lipinski definition) is 0. The van der Waals surface area contributed by atoms with Crippen molar-refractivity contribution in [2.75, 3.05) is 0 Å². The third-order valence-electron chi connectivity index (χ3n) is 5.86. The average Bonchev–Trinajstić information content (AvgIpc) is 2.83. The first-order valence-electron chi connectivity index (χ1n) is 9.72. The van der Waals surface area contributed by atoms with Crippen LogP contribution >= 0.6 is 0 Å². The third kappa shape index (κ3) is 6.19. The second-order valence-corrected chi connectivity index (χ2v) is 7.59. The summed E-state index contributed by atoms with van der Waals surface area (Å²) in [6.45, 7) is 2.35. The summed E-state index contributed by atoms with van der Waals surface area (Å²) >= 11 is 0. The lowest BCUT2D eigenvalue weighted by atomic mass is 9.88. The lowest BCUT2D eigenvalue weighted by Gasteiger charge is -2.17. The van der Waals surface area contributed by atoms with Crippen LogP contribution in [-0.4, -0.2) is 0 Å². The van der Waals surface area contributed by atoms with E-state index in [9.17, 15) is 0 Å². The largest absolute Gasteiger partial charge is 0.0654 e. The zero-order chi connectivity index (χ0) is 14.0. The van der Waals surface area contributed by atoms with Crippen LogP contribution < -0.4 is 0 Å². The summed E-state index contributed by atoms with van der Waals surface area (Å²) in [5.41, 5.74) is 0. The van der Waals surface area contributed by atoms with Crippen molar-refractivity contribution in [3.05, 3.63) is 5.92 Å². The topological polar surface area (TPSA) is 0 Å². The lowest BCUT2D eigenvalue weighted by molar-refractivity contribution is 0.405. The molecule has 0 aromatic rings. The van der Waals surface area contributed by atoms with E-state index in [0.29, 0.717) is 0 Å². The van der Waals surface area contributed by atoms with Crippen molar-refractivity contribution in [2.45, 2.75) is 110 Å². The fourth-order valence-corrected chi connectivity index (χ4v) is 4.56. The van der Waals surface area contributed by atoms with Gasteiger partial charge < -0.3 is 0 Å². The molecule has 0 saturated heterocycles. The van der Waals surface area contributed by atoms with E-state index >= 15 is 0 Å². The maximum absolute atomic E-state index is 2.35. The van der Waals surface area contributed by atoms with Gasteiger partial charge in [0, 0.05) is 0 Å². The highest BCUT2D eigenvalue weighted by molar-refractivity contribution is 4.92. The van der Waals surface area contributed by atoms with E-state index in [0.717, 1.165) is 11.8 Å². The van der Waals surface area contributed by atoms with Gasteiger partial charge in [0.15, 0.2) is 0 Å². The van der Waals surface area contributed by atoms with E-state index in [4.69, 9.17) is 0 Å². The van der Waals surface area contributed by atoms with Crippen LogP contribution in [-0.2, 0) is 0 Å². The minimum absolute atomic E-state index is 1.05. The molecule has 1 radical (unpaired) electrons. The molecule has 0 nitrogen and oxygen atoms in total. The van der Waals surface area contributed by atoms with Gasteiger partial charge in [-0.25, -0.2) is 0 Å². The summed E-state index contributed by atoms with van der Waals surface area (Å²) in [5.74, 6) is 4.06. The van der Waals surface area contributed by atoms with Crippen LogP contribution in [0.3, 0.4) is 0 Å². The molecule has 117 valence electrons. The molecule has 1 atom stereocenters. The Hall–Kier alpha value is 0. The molecular weight excluding hydrogens is 240 g/mol. The zero-order valence-electron chi connectivity index (χ0n) is 14.0. The Morgan fingerprint density at radius 2 is 1.45 bits per heavy atom. The van der Waals surface area contributed by atoms with Gasteiger partial charge in [-0.1, -0.05) is 84.0 Å². The summed E-state index contributed by atoms with van der Waals surface area (Å²) in [7, 11) is 0. The summed E-state index contributed by atoms with van der Waals surface area (Å²) < 4.78 is 0. The molecular formula is C20H37. The Labute approximate surface area is 128 Å². The first-order chi connectivity index (χ1) is 9.88. The Balaban J connectivity index is 1.59. The molecule has 1 unspecified atom stereocenters. The smallest absolute Gasteiger partial charge is 0.0241 e. The SMILES string of the molecule is CCCC1CCC[C](CCCC2CCCCCC2)CC1. The van der Waals surface area contributed by atoms with E-state index < -0.39 is 0 Å². The van der Waals surface area contributed by atoms with E-state index in [-0.39, 0.29) is 0 Å². The van der Waals surface area contributed by atoms with Gasteiger partial charge >= 0.3 is 0 Å². The molecule has 2 aliphatic rings. The van der Waals surface area contributed by atoms with Crippen molar-refractivity contribution in [3.8, 4) is 0 Å². The highest BCUT2D eigenvalue weighted by Gasteiger charge is 2.19. The van der Waals surface area contributed by atoms with Crippen LogP contribution in [0.4, 0.5) is 0 Å². The first kappa shape index (κ1) is 16.4. The fraction of sp³-hybridized carbons (Fsp3) is 0.950. The Kier molecular flexibility index (Phi) is 8.06. The van der Waals surface area contributed by atoms with Gasteiger partial charge in [0.25, 0.3) is 0 Å². The standard InChI is InChI=1S/C20H37/c1-2-9-18-12-7-14-20(17-16-18)15-8-13-19-10-5-3-4-6-11-19/h18-19H,2-17H2,1H3. The summed E-state index contributed by atoms with van der Waals surface area (Å²) in [6, 6.07) is 0. The Morgan fingerprint density at radius 3 is 2.20 bits per heavy atom. The van der Waals surface area contributed by atoms with Gasteiger partial charge in [0.1, 0.15) is 0 Å². The normalized spacial score (nSPS) is 27.1. The number of hydrogen-bond donors (Lipinski definition) is 0. The molecule has 0 N–H and O–H groups in total. The molecule has 2 fully saturated rings. The molecule has 0 aromatic carbocycles. The summed E-state index contributed by atoms with van der Waals surface area (Å²) in [6.07, 6.45) is 23.9. The van der Waals surface area contributed by atoms with Crippen molar-refractivity contribution in [3.63, 3.8) is 0 Å². The van der Waals surface area contributed by atoms with Gasteiger partial charge in [-0.05, 0) is 43.4 Å². The van der Waals surface area contributed by atoms with Crippen LogP contribution in [0.5, 0.6) is 0 Å². The first-order valence-corrected chi connectivity index (χ1v) is 9.72. The zero-order valence-corrected chi connectivity index (χ0v) is 14.0. The second kappa shape index (κ2) is 9.85. The molecule has 2 rings (SSSR count). The fourth-order valence-electron chi connectivity index (χ4n) is 4.56. The predicted octanol–water partition coefficient (Wildman–Crippen LogP) is 7.08. The van der Waals surface area contributed by atoms with Gasteiger partial charge in [-0.2, -0.15) is 0 Å². The van der Waals surface area contributed by atoms with Crippen molar-refractivity contribution >= 4 is 0 Å². The third-order valence-corrected chi connectivity index (χ3v) is 5.86. The van der Waals surface area contributed by atoms with E-state index in [1.807, 2.05) is 5.92 Å². The molecule has 2 saturated carbocycles. The van der Waals surface area contributed by atoms with Crippen LogP contribution in [0.2, 0.25) is 0 Å². The molecule has 0 heterocycles. The van der Waals surface area contributed by atoms with Crippen molar-refractivity contribution in [1.29, 1.82) is 0 Å². The van der Waals surface area contributed by atoms with Crippen molar-refractivity contribution in [1.82, 2.24) is 0 Å². The van der Waals surface area contributed by atoms with E-state index in [1.165, 1.54) is 103 Å². The molecule has 2 aliphatic carbocycles. The van der Waals surface area contributed by atoms with Gasteiger partial charge in [0.05, 0.1) is 0 Å². The molecule has 20 heavy (non-hydrogen) atoms. The van der Waals surface area contributed by atoms with Gasteiger partial charge in [0.2, 0.25) is 0 Å². The van der Waals surface area contributed by atoms with Crippen LogP contribution in [0, 0.1) is 17.8 Å². The van der Waals surface area contributed by atoms with Crippen molar-refractivity contribution < 1.29 is 0 Å². The second-order valence-electron chi connectivity index (χ2n) is 7.59. The Morgan fingerprint density at radius 1 is 0.750 bits per heavy atom. The molecule has 0 aromatic heterocycles. The van der Waals surface area contributed by atoms with Gasteiger partial charge in [-0.3, -0.25) is 0 Å². The van der Waals surface area contributed by atoms with Crippen LogP contribution in [0.25, 0.3) is 0 Å². The van der Waals surface area contributed by atoms with E-state index in [1.54, 1.807) is 0 Å². The predicted molar refractivity (Wildman–Crippen MR) is 89.8 cm³/mol. The lowest BCUT2D eigenvalue weighted by Crippen LogP contribution is -2.02. The minimum Gasteiger partial charge on any atom is -0.0654 e. The molecule has 0 amide bonds. The monoisotopic (exact) mass is 277 g/mol. The summed E-state index contributed by atoms with van der Waals surface area (Å²) in [4.78, 5) is 0. The van der Waals surface area contributed by atoms with Crippen LogP contribution in [0.1, 0.15) is 110 Å². The maximum Gasteiger partial charge on any atom is -0.0241 e. The maximum atomic E-state index is 2.35. The molecule has 0 aliphatic heterocycles. The quantitative estimate of drug-likeness (QED) is 0.455. The van der Waals surface area contributed by atoms with Crippen molar-refractivity contribution in [2.24, 2.45) is 11.8 Å². The molecule has 0 spiro atoms. The highest BCUT2D eigenvalue weighted by atomic mass is 14.2. The Bertz CT molecular complexity index is 224. The molecule has 0 bridgehead atoms. The minimum atomic E-state index is 1.05.